The van der Waals surface area contributed by atoms with Crippen molar-refractivity contribution in [2.45, 2.75) is 26.5 Å². The zero-order chi connectivity index (χ0) is 21.2. The van der Waals surface area contributed by atoms with Crippen LogP contribution in [0.15, 0.2) is 59.6 Å². The summed E-state index contributed by atoms with van der Waals surface area (Å²) in [6.07, 6.45) is 1.11. The van der Waals surface area contributed by atoms with Crippen molar-refractivity contribution in [1.29, 1.82) is 0 Å². The van der Waals surface area contributed by atoms with E-state index in [1.807, 2.05) is 56.4 Å². The van der Waals surface area contributed by atoms with Crippen molar-refractivity contribution in [1.82, 2.24) is 15.5 Å². The number of hydrogen-bond donors (Lipinski definition) is 2. The van der Waals surface area contributed by atoms with Gasteiger partial charge in [0.05, 0.1) is 13.2 Å². The summed E-state index contributed by atoms with van der Waals surface area (Å²) < 4.78 is 5.92. The summed E-state index contributed by atoms with van der Waals surface area (Å²) in [4.78, 5) is 18.6. The first-order valence-electron chi connectivity index (χ1n) is 10.6. The minimum Gasteiger partial charge on any atom is -0.376 e. The third-order valence-electron chi connectivity index (χ3n) is 5.27. The van der Waals surface area contributed by atoms with Gasteiger partial charge in [-0.2, -0.15) is 0 Å². The van der Waals surface area contributed by atoms with Gasteiger partial charge in [-0.3, -0.25) is 9.79 Å². The van der Waals surface area contributed by atoms with Crippen molar-refractivity contribution >= 4 is 35.8 Å². The molecule has 1 amide bonds. The Bertz CT molecular complexity index is 827. The largest absolute Gasteiger partial charge is 0.376 e. The Kier molecular flexibility index (Phi) is 10.8. The molecule has 3 rings (SSSR count). The molecule has 1 fully saturated rings. The normalized spacial score (nSPS) is 16.0. The number of rotatable bonds is 8. The van der Waals surface area contributed by atoms with Gasteiger partial charge in [0.2, 0.25) is 0 Å². The highest BCUT2D eigenvalue weighted by Crippen LogP contribution is 2.17. The van der Waals surface area contributed by atoms with Crippen LogP contribution in [0, 0.1) is 5.92 Å². The van der Waals surface area contributed by atoms with Gasteiger partial charge in [-0.1, -0.05) is 42.5 Å². The highest BCUT2D eigenvalue weighted by molar-refractivity contribution is 14.0. The van der Waals surface area contributed by atoms with Crippen molar-refractivity contribution in [3.63, 3.8) is 0 Å². The van der Waals surface area contributed by atoms with Gasteiger partial charge in [0, 0.05) is 44.7 Å². The molecule has 0 radical (unpaired) electrons. The molecule has 2 aromatic carbocycles. The van der Waals surface area contributed by atoms with Crippen LogP contribution in [0.4, 0.5) is 0 Å². The standard InChI is InChI=1S/C24H32N4O2.HI/c1-3-26-23(29)22-11-9-19(10-12-22)15-27-24(25-2)28-14-13-21(16-28)18-30-17-20-7-5-4-6-8-20;/h4-12,21H,3,13-18H2,1-2H3,(H,25,27)(H,26,29);1H. The highest BCUT2D eigenvalue weighted by Gasteiger charge is 2.24. The van der Waals surface area contributed by atoms with Gasteiger partial charge in [-0.05, 0) is 36.6 Å². The van der Waals surface area contributed by atoms with E-state index < -0.39 is 0 Å². The summed E-state index contributed by atoms with van der Waals surface area (Å²) in [5.41, 5.74) is 3.01. The molecule has 0 aromatic heterocycles. The quantitative estimate of drug-likeness (QED) is 0.307. The molecule has 1 aliphatic rings. The Morgan fingerprint density at radius 3 is 2.52 bits per heavy atom. The average molecular weight is 536 g/mol. The van der Waals surface area contributed by atoms with E-state index in [-0.39, 0.29) is 29.9 Å². The van der Waals surface area contributed by atoms with Crippen molar-refractivity contribution in [3.05, 3.63) is 71.3 Å². The topological polar surface area (TPSA) is 66.0 Å². The summed E-state index contributed by atoms with van der Waals surface area (Å²) in [6, 6.07) is 18.0. The number of halogens is 1. The minimum absolute atomic E-state index is 0. The molecule has 168 valence electrons. The van der Waals surface area contributed by atoms with Gasteiger partial charge in [0.25, 0.3) is 5.91 Å². The molecule has 1 aliphatic heterocycles. The number of likely N-dealkylation sites (tertiary alicyclic amines) is 1. The van der Waals surface area contributed by atoms with E-state index in [9.17, 15) is 4.79 Å². The van der Waals surface area contributed by atoms with Crippen LogP contribution in [0.2, 0.25) is 0 Å². The van der Waals surface area contributed by atoms with Crippen LogP contribution in [0.1, 0.15) is 34.8 Å². The SMILES string of the molecule is CCNC(=O)c1ccc(CNC(=NC)N2CCC(COCc3ccccc3)C2)cc1.I. The molecule has 1 unspecified atom stereocenters. The summed E-state index contributed by atoms with van der Waals surface area (Å²) in [6.45, 7) is 6.58. The molecular weight excluding hydrogens is 503 g/mol. The molecule has 31 heavy (non-hydrogen) atoms. The number of benzene rings is 2. The maximum atomic E-state index is 11.9. The number of amides is 1. The fraction of sp³-hybridized carbons (Fsp3) is 0.417. The van der Waals surface area contributed by atoms with Crippen molar-refractivity contribution in [2.75, 3.05) is 33.3 Å². The summed E-state index contributed by atoms with van der Waals surface area (Å²) in [5, 5.41) is 6.25. The van der Waals surface area contributed by atoms with Gasteiger partial charge in [-0.25, -0.2) is 0 Å². The predicted molar refractivity (Wildman–Crippen MR) is 136 cm³/mol. The Morgan fingerprint density at radius 2 is 1.84 bits per heavy atom. The van der Waals surface area contributed by atoms with E-state index in [0.29, 0.717) is 31.2 Å². The fourth-order valence-electron chi connectivity index (χ4n) is 3.63. The Labute approximate surface area is 202 Å². The molecule has 1 heterocycles. The number of nitrogens with one attached hydrogen (secondary N) is 2. The van der Waals surface area contributed by atoms with E-state index in [4.69, 9.17) is 4.74 Å². The average Bonchev–Trinajstić information content (AvgIpc) is 3.24. The van der Waals surface area contributed by atoms with E-state index >= 15 is 0 Å². The first kappa shape index (κ1) is 25.1. The first-order valence-corrected chi connectivity index (χ1v) is 10.6. The second-order valence-corrected chi connectivity index (χ2v) is 7.56. The maximum Gasteiger partial charge on any atom is 0.251 e. The van der Waals surface area contributed by atoms with Crippen LogP contribution in [0.5, 0.6) is 0 Å². The molecule has 0 spiro atoms. The van der Waals surface area contributed by atoms with Crippen molar-refractivity contribution < 1.29 is 9.53 Å². The lowest BCUT2D eigenvalue weighted by Crippen LogP contribution is -2.39. The third-order valence-corrected chi connectivity index (χ3v) is 5.27. The molecule has 2 N–H and O–H groups in total. The molecule has 2 aromatic rings. The lowest BCUT2D eigenvalue weighted by atomic mass is 10.1. The van der Waals surface area contributed by atoms with Gasteiger partial charge < -0.3 is 20.3 Å². The van der Waals surface area contributed by atoms with E-state index in [1.165, 1.54) is 5.56 Å². The molecule has 0 aliphatic carbocycles. The molecular formula is C24H33IN4O2. The van der Waals surface area contributed by atoms with E-state index in [1.54, 1.807) is 0 Å². The minimum atomic E-state index is -0.0367. The van der Waals surface area contributed by atoms with Crippen LogP contribution < -0.4 is 10.6 Å². The van der Waals surface area contributed by atoms with Gasteiger partial charge in [0.1, 0.15) is 0 Å². The van der Waals surface area contributed by atoms with Crippen LogP contribution in [-0.4, -0.2) is 50.1 Å². The number of carbonyl (C=O) groups excluding carboxylic acids is 1. The predicted octanol–water partition coefficient (Wildman–Crippen LogP) is 3.67. The van der Waals surface area contributed by atoms with Crippen LogP contribution >= 0.6 is 24.0 Å². The van der Waals surface area contributed by atoms with Gasteiger partial charge in [-0.15, -0.1) is 24.0 Å². The van der Waals surface area contributed by atoms with Crippen LogP contribution in [-0.2, 0) is 17.9 Å². The molecule has 1 saturated heterocycles. The molecule has 0 saturated carbocycles. The van der Waals surface area contributed by atoms with Gasteiger partial charge in [0.15, 0.2) is 5.96 Å². The summed E-state index contributed by atoms with van der Waals surface area (Å²) in [5.74, 6) is 1.39. The van der Waals surface area contributed by atoms with E-state index in [0.717, 1.165) is 37.6 Å². The van der Waals surface area contributed by atoms with Crippen LogP contribution in [0.3, 0.4) is 0 Å². The fourth-order valence-corrected chi connectivity index (χ4v) is 3.63. The van der Waals surface area contributed by atoms with Crippen molar-refractivity contribution in [2.24, 2.45) is 10.9 Å². The number of aliphatic imine (C=N–C) groups is 1. The number of nitrogens with zero attached hydrogens (tertiary/aromatic N) is 2. The summed E-state index contributed by atoms with van der Waals surface area (Å²) >= 11 is 0. The number of ether oxygens (including phenoxy) is 1. The lowest BCUT2D eigenvalue weighted by molar-refractivity contribution is 0.0906. The van der Waals surface area contributed by atoms with Crippen molar-refractivity contribution in [3.8, 4) is 0 Å². The molecule has 0 bridgehead atoms. The third kappa shape index (κ3) is 7.81. The maximum absolute atomic E-state index is 11.9. The molecule has 1 atom stereocenters. The summed E-state index contributed by atoms with van der Waals surface area (Å²) in [7, 11) is 1.82. The number of carbonyl (C=O) groups is 1. The Morgan fingerprint density at radius 1 is 1.10 bits per heavy atom. The number of hydrogen-bond acceptors (Lipinski definition) is 3. The second-order valence-electron chi connectivity index (χ2n) is 7.56. The smallest absolute Gasteiger partial charge is 0.251 e. The molecule has 7 heteroatoms. The zero-order valence-corrected chi connectivity index (χ0v) is 20.7. The zero-order valence-electron chi connectivity index (χ0n) is 18.3. The Balaban J connectivity index is 0.00000341. The lowest BCUT2D eigenvalue weighted by Gasteiger charge is -2.22. The van der Waals surface area contributed by atoms with Crippen LogP contribution in [0.25, 0.3) is 0 Å². The Hall–Kier alpha value is -2.13. The second kappa shape index (κ2) is 13.3. The molecule has 6 nitrogen and oxygen atoms in total. The van der Waals surface area contributed by atoms with E-state index in [2.05, 4.69) is 32.7 Å². The monoisotopic (exact) mass is 536 g/mol. The first-order chi connectivity index (χ1) is 14.7. The van der Waals surface area contributed by atoms with Gasteiger partial charge >= 0.3 is 0 Å². The number of guanidine groups is 1. The highest BCUT2D eigenvalue weighted by atomic mass is 127.